The molecule has 0 heterocycles. The predicted octanol–water partition coefficient (Wildman–Crippen LogP) is 4.70. The number of aryl methyl sites for hydroxylation is 1. The van der Waals surface area contributed by atoms with E-state index in [9.17, 15) is 22.4 Å². The molecule has 172 valence electrons. The summed E-state index contributed by atoms with van der Waals surface area (Å²) >= 11 is 0. The molecule has 0 fully saturated rings. The van der Waals surface area contributed by atoms with E-state index < -0.39 is 24.4 Å². The number of hydrogen-bond acceptors (Lipinski definition) is 6. The highest BCUT2D eigenvalue weighted by atomic mass is 19.4. The fourth-order valence-electron chi connectivity index (χ4n) is 3.02. The van der Waals surface area contributed by atoms with Gasteiger partial charge in [0, 0.05) is 16.7 Å². The van der Waals surface area contributed by atoms with Crippen LogP contribution in [-0.4, -0.2) is 37.8 Å². The molecule has 0 spiro atoms. The molecule has 2 aromatic carbocycles. The number of ether oxygens (including phenoxy) is 1. The molecule has 0 aromatic heterocycles. The maximum atomic E-state index is 13.5. The van der Waals surface area contributed by atoms with E-state index >= 15 is 0 Å². The number of rotatable bonds is 8. The first-order valence-electron chi connectivity index (χ1n) is 9.37. The largest absolute Gasteiger partial charge is 0.464 e. The van der Waals surface area contributed by atoms with Crippen molar-refractivity contribution in [3.05, 3.63) is 70.0 Å². The SMILES string of the molecule is CO/N=C(/C(=O)OC)c1cccc(C)c1CO/N=C(\C)c1ccc(F)cc1CC(F)(F)F. The molecule has 6 nitrogen and oxygen atoms in total. The van der Waals surface area contributed by atoms with Crippen LogP contribution in [0.15, 0.2) is 46.7 Å². The summed E-state index contributed by atoms with van der Waals surface area (Å²) in [6.07, 6.45) is -5.81. The fraction of sp³-hybridized carbons (Fsp3) is 0.318. The van der Waals surface area contributed by atoms with Crippen LogP contribution in [-0.2, 0) is 32.2 Å². The number of oxime groups is 2. The highest BCUT2D eigenvalue weighted by Gasteiger charge is 2.29. The summed E-state index contributed by atoms with van der Waals surface area (Å²) in [5.74, 6) is -1.50. The van der Waals surface area contributed by atoms with E-state index in [1.54, 1.807) is 25.1 Å². The minimum absolute atomic E-state index is 0.0796. The molecule has 0 saturated heterocycles. The van der Waals surface area contributed by atoms with Gasteiger partial charge in [-0.1, -0.05) is 28.5 Å². The van der Waals surface area contributed by atoms with Crippen LogP contribution in [0.25, 0.3) is 0 Å². The molecule has 0 unspecified atom stereocenters. The number of carbonyl (C=O) groups excluding carboxylic acids is 1. The highest BCUT2D eigenvalue weighted by molar-refractivity contribution is 6.43. The number of nitrogens with zero attached hydrogens (tertiary/aromatic N) is 2. The average molecular weight is 454 g/mol. The first kappa shape index (κ1) is 24.8. The molecule has 0 bridgehead atoms. The normalized spacial score (nSPS) is 12.5. The number of methoxy groups -OCH3 is 1. The Bertz CT molecular complexity index is 1030. The zero-order valence-electron chi connectivity index (χ0n) is 17.9. The van der Waals surface area contributed by atoms with Gasteiger partial charge in [0.2, 0.25) is 0 Å². The number of halogens is 4. The van der Waals surface area contributed by atoms with Gasteiger partial charge in [-0.25, -0.2) is 9.18 Å². The minimum atomic E-state index is -4.51. The Labute approximate surface area is 182 Å². The van der Waals surface area contributed by atoms with Gasteiger partial charge in [-0.15, -0.1) is 0 Å². The molecular weight excluding hydrogens is 432 g/mol. The second-order valence-corrected chi connectivity index (χ2v) is 6.76. The van der Waals surface area contributed by atoms with E-state index in [-0.39, 0.29) is 29.2 Å². The maximum absolute atomic E-state index is 13.5. The molecule has 2 rings (SSSR count). The molecule has 0 aliphatic rings. The van der Waals surface area contributed by atoms with Crippen LogP contribution in [0, 0.1) is 12.7 Å². The third kappa shape index (κ3) is 6.53. The van der Waals surface area contributed by atoms with E-state index in [1.165, 1.54) is 27.2 Å². The van der Waals surface area contributed by atoms with Crippen molar-refractivity contribution in [1.82, 2.24) is 0 Å². The zero-order chi connectivity index (χ0) is 23.9. The fourth-order valence-corrected chi connectivity index (χ4v) is 3.02. The third-order valence-electron chi connectivity index (χ3n) is 4.49. The Balaban J connectivity index is 2.33. The monoisotopic (exact) mass is 454 g/mol. The first-order chi connectivity index (χ1) is 15.1. The van der Waals surface area contributed by atoms with Gasteiger partial charge in [-0.05, 0) is 43.2 Å². The molecule has 0 amide bonds. The second-order valence-electron chi connectivity index (χ2n) is 6.76. The standard InChI is InChI=1S/C22H22F4N2O4/c1-13-6-5-7-18(20(28-31-4)21(29)30-3)19(13)12-32-27-14(2)17-9-8-16(23)10-15(17)11-22(24,25)26/h5-10H,11-12H2,1-4H3/b27-14+,28-20+. The molecule has 0 radical (unpaired) electrons. The van der Waals surface area contributed by atoms with E-state index in [1.807, 2.05) is 0 Å². The zero-order valence-corrected chi connectivity index (χ0v) is 17.9. The second kappa shape index (κ2) is 10.7. The summed E-state index contributed by atoms with van der Waals surface area (Å²) in [7, 11) is 2.48. The Hall–Kier alpha value is -3.43. The highest BCUT2D eigenvalue weighted by Crippen LogP contribution is 2.25. The van der Waals surface area contributed by atoms with E-state index in [0.29, 0.717) is 11.1 Å². The van der Waals surface area contributed by atoms with Gasteiger partial charge in [0.05, 0.1) is 19.2 Å². The number of esters is 1. The molecule has 0 aliphatic heterocycles. The van der Waals surface area contributed by atoms with Crippen molar-refractivity contribution in [3.8, 4) is 0 Å². The smallest absolute Gasteiger partial charge is 0.393 e. The summed E-state index contributed by atoms with van der Waals surface area (Å²) in [6, 6.07) is 8.21. The summed E-state index contributed by atoms with van der Waals surface area (Å²) in [5.41, 5.74) is 1.62. The summed E-state index contributed by atoms with van der Waals surface area (Å²) in [5, 5.41) is 7.62. The molecular formula is C22H22F4N2O4. The van der Waals surface area contributed by atoms with Crippen molar-refractivity contribution < 1.29 is 36.8 Å². The van der Waals surface area contributed by atoms with Crippen molar-refractivity contribution in [2.75, 3.05) is 14.2 Å². The number of benzene rings is 2. The van der Waals surface area contributed by atoms with Crippen LogP contribution < -0.4 is 0 Å². The summed E-state index contributed by atoms with van der Waals surface area (Å²) < 4.78 is 56.8. The Morgan fingerprint density at radius 3 is 2.41 bits per heavy atom. The lowest BCUT2D eigenvalue weighted by Crippen LogP contribution is -2.20. The molecule has 0 N–H and O–H groups in total. The van der Waals surface area contributed by atoms with Gasteiger partial charge in [0.25, 0.3) is 0 Å². The van der Waals surface area contributed by atoms with Crippen molar-refractivity contribution in [3.63, 3.8) is 0 Å². The van der Waals surface area contributed by atoms with Gasteiger partial charge in [-0.2, -0.15) is 13.2 Å². The van der Waals surface area contributed by atoms with Crippen LogP contribution >= 0.6 is 0 Å². The first-order valence-corrected chi connectivity index (χ1v) is 9.37. The average Bonchev–Trinajstić information content (AvgIpc) is 2.71. The molecule has 0 saturated carbocycles. The summed E-state index contributed by atoms with van der Waals surface area (Å²) in [4.78, 5) is 22.2. The molecule has 10 heteroatoms. The lowest BCUT2D eigenvalue weighted by Gasteiger charge is -2.14. The van der Waals surface area contributed by atoms with Crippen LogP contribution in [0.5, 0.6) is 0 Å². The third-order valence-corrected chi connectivity index (χ3v) is 4.49. The minimum Gasteiger partial charge on any atom is -0.464 e. The van der Waals surface area contributed by atoms with E-state index in [4.69, 9.17) is 14.4 Å². The van der Waals surface area contributed by atoms with Crippen LogP contribution in [0.3, 0.4) is 0 Å². The predicted molar refractivity (Wildman–Crippen MR) is 110 cm³/mol. The Morgan fingerprint density at radius 1 is 1.06 bits per heavy atom. The lowest BCUT2D eigenvalue weighted by molar-refractivity contribution is -0.132. The molecule has 2 aromatic rings. The number of hydrogen-bond donors (Lipinski definition) is 0. The van der Waals surface area contributed by atoms with Gasteiger partial charge >= 0.3 is 12.1 Å². The molecule has 32 heavy (non-hydrogen) atoms. The van der Waals surface area contributed by atoms with E-state index in [2.05, 4.69) is 10.3 Å². The Morgan fingerprint density at radius 2 is 1.78 bits per heavy atom. The Kier molecular flexibility index (Phi) is 8.34. The van der Waals surface area contributed by atoms with Gasteiger partial charge < -0.3 is 14.4 Å². The number of alkyl halides is 3. The van der Waals surface area contributed by atoms with Crippen molar-refractivity contribution in [1.29, 1.82) is 0 Å². The van der Waals surface area contributed by atoms with Gasteiger partial charge in [-0.3, -0.25) is 0 Å². The summed E-state index contributed by atoms with van der Waals surface area (Å²) in [6.45, 7) is 3.12. The van der Waals surface area contributed by atoms with Crippen LogP contribution in [0.4, 0.5) is 17.6 Å². The quantitative estimate of drug-likeness (QED) is 0.251. The molecule has 0 aliphatic carbocycles. The van der Waals surface area contributed by atoms with E-state index in [0.717, 1.165) is 17.7 Å². The van der Waals surface area contributed by atoms with Crippen molar-refractivity contribution in [2.24, 2.45) is 10.3 Å². The topological polar surface area (TPSA) is 69.5 Å². The van der Waals surface area contributed by atoms with Crippen molar-refractivity contribution in [2.45, 2.75) is 33.1 Å². The van der Waals surface area contributed by atoms with Crippen LogP contribution in [0.2, 0.25) is 0 Å². The van der Waals surface area contributed by atoms with Gasteiger partial charge in [0.15, 0.2) is 5.71 Å². The molecule has 0 atom stereocenters. The van der Waals surface area contributed by atoms with Crippen LogP contribution in [0.1, 0.15) is 34.7 Å². The maximum Gasteiger partial charge on any atom is 0.393 e. The van der Waals surface area contributed by atoms with Gasteiger partial charge in [0.1, 0.15) is 19.5 Å². The lowest BCUT2D eigenvalue weighted by atomic mass is 9.99. The van der Waals surface area contributed by atoms with Crippen molar-refractivity contribution >= 4 is 17.4 Å². The number of carbonyl (C=O) groups is 1.